The summed E-state index contributed by atoms with van der Waals surface area (Å²) in [5.41, 5.74) is -0.559. The Morgan fingerprint density at radius 3 is 1.95 bits per heavy atom. The van der Waals surface area contributed by atoms with Crippen LogP contribution in [-0.2, 0) is 14.3 Å². The van der Waals surface area contributed by atoms with Gasteiger partial charge in [0, 0.05) is 0 Å². The zero-order chi connectivity index (χ0) is 14.5. The van der Waals surface area contributed by atoms with Crippen LogP contribution in [0.5, 0.6) is 0 Å². The summed E-state index contributed by atoms with van der Waals surface area (Å²) in [4.78, 5) is 23.8. The largest absolute Gasteiger partial charge is 0.481 e. The molecule has 6 unspecified atom stereocenters. The minimum Gasteiger partial charge on any atom is -0.481 e. The van der Waals surface area contributed by atoms with E-state index in [0.717, 1.165) is 6.42 Å². The molecule has 6 atom stereocenters. The van der Waals surface area contributed by atoms with Gasteiger partial charge in [0.25, 0.3) is 0 Å². The molecule has 0 aromatic rings. The number of hydrogen-bond acceptors (Lipinski definition) is 3. The van der Waals surface area contributed by atoms with E-state index in [1.54, 1.807) is 0 Å². The second-order valence-electron chi connectivity index (χ2n) is 7.20. The van der Waals surface area contributed by atoms with Crippen LogP contribution in [-0.4, -0.2) is 22.6 Å². The van der Waals surface area contributed by atoms with E-state index in [-0.39, 0.29) is 17.8 Å². The predicted molar refractivity (Wildman–Crippen MR) is 70.4 cm³/mol. The number of carbonyl (C=O) groups excluding carboxylic acids is 1. The van der Waals surface area contributed by atoms with Gasteiger partial charge in [-0.05, 0) is 50.9 Å². The van der Waals surface area contributed by atoms with Gasteiger partial charge >= 0.3 is 11.9 Å². The molecular weight excluding hydrogens is 244 g/mol. The fourth-order valence-corrected chi connectivity index (χ4v) is 4.03. The summed E-state index contributed by atoms with van der Waals surface area (Å²) in [6, 6.07) is 0. The lowest BCUT2D eigenvalue weighted by Crippen LogP contribution is -2.43. The van der Waals surface area contributed by atoms with Gasteiger partial charge in [-0.1, -0.05) is 13.8 Å². The van der Waals surface area contributed by atoms with Crippen LogP contribution < -0.4 is 0 Å². The van der Waals surface area contributed by atoms with Crippen molar-refractivity contribution in [3.63, 3.8) is 0 Å². The van der Waals surface area contributed by atoms with Crippen molar-refractivity contribution in [2.45, 2.75) is 46.6 Å². The van der Waals surface area contributed by atoms with Crippen molar-refractivity contribution in [1.29, 1.82) is 0 Å². The Morgan fingerprint density at radius 1 is 1.05 bits per heavy atom. The van der Waals surface area contributed by atoms with Gasteiger partial charge < -0.3 is 9.84 Å². The third-order valence-corrected chi connectivity index (χ3v) is 5.00. The van der Waals surface area contributed by atoms with Crippen molar-refractivity contribution in [3.05, 3.63) is 0 Å². The zero-order valence-corrected chi connectivity index (χ0v) is 12.3. The molecule has 0 radical (unpaired) electrons. The molecule has 0 spiro atoms. The minimum absolute atomic E-state index is 0.120. The molecule has 19 heavy (non-hydrogen) atoms. The molecular formula is C15H24O4. The highest BCUT2D eigenvalue weighted by atomic mass is 16.6. The third-order valence-electron chi connectivity index (χ3n) is 5.00. The number of rotatable bonds is 2. The number of carbonyl (C=O) groups is 2. The molecule has 2 aliphatic rings. The highest BCUT2D eigenvalue weighted by Crippen LogP contribution is 2.58. The summed E-state index contributed by atoms with van der Waals surface area (Å²) in [6.45, 7) is 9.70. The van der Waals surface area contributed by atoms with E-state index >= 15 is 0 Å². The Labute approximate surface area is 114 Å². The van der Waals surface area contributed by atoms with Crippen molar-refractivity contribution in [3.8, 4) is 0 Å². The van der Waals surface area contributed by atoms with Crippen LogP contribution in [0.25, 0.3) is 0 Å². The first-order valence-corrected chi connectivity index (χ1v) is 7.09. The van der Waals surface area contributed by atoms with E-state index in [0.29, 0.717) is 11.8 Å². The van der Waals surface area contributed by atoms with E-state index < -0.39 is 23.4 Å². The van der Waals surface area contributed by atoms with Gasteiger partial charge in [-0.15, -0.1) is 0 Å². The molecule has 2 bridgehead atoms. The van der Waals surface area contributed by atoms with Crippen LogP contribution in [0.2, 0.25) is 0 Å². The maximum absolute atomic E-state index is 12.3. The normalized spacial score (nSPS) is 41.3. The van der Waals surface area contributed by atoms with Crippen LogP contribution in [0.1, 0.15) is 41.0 Å². The summed E-state index contributed by atoms with van der Waals surface area (Å²) < 4.78 is 5.44. The van der Waals surface area contributed by atoms with Gasteiger partial charge in [0.15, 0.2) is 0 Å². The fourth-order valence-electron chi connectivity index (χ4n) is 4.03. The molecule has 2 rings (SSSR count). The average molecular weight is 268 g/mol. The Hall–Kier alpha value is -1.06. The van der Waals surface area contributed by atoms with Crippen LogP contribution in [0.15, 0.2) is 0 Å². The topological polar surface area (TPSA) is 63.6 Å². The van der Waals surface area contributed by atoms with E-state index in [9.17, 15) is 14.7 Å². The first kappa shape index (κ1) is 14.4. The molecule has 4 heteroatoms. The van der Waals surface area contributed by atoms with Crippen molar-refractivity contribution in [1.82, 2.24) is 0 Å². The van der Waals surface area contributed by atoms with Gasteiger partial charge in [0.2, 0.25) is 0 Å². The third kappa shape index (κ3) is 2.37. The SMILES string of the molecule is CC1C(C)C2CC1C(C(=O)O)C2C(=O)OC(C)(C)C. The van der Waals surface area contributed by atoms with Crippen molar-refractivity contribution in [2.24, 2.45) is 35.5 Å². The second-order valence-corrected chi connectivity index (χ2v) is 7.20. The van der Waals surface area contributed by atoms with Crippen LogP contribution >= 0.6 is 0 Å². The highest BCUT2D eigenvalue weighted by molar-refractivity contribution is 5.83. The molecule has 1 N–H and O–H groups in total. The molecule has 0 aromatic carbocycles. The lowest BCUT2D eigenvalue weighted by molar-refractivity contribution is -0.171. The maximum Gasteiger partial charge on any atom is 0.310 e. The van der Waals surface area contributed by atoms with Crippen LogP contribution in [0.4, 0.5) is 0 Å². The first-order valence-electron chi connectivity index (χ1n) is 7.09. The summed E-state index contributed by atoms with van der Waals surface area (Å²) >= 11 is 0. The number of carboxylic acid groups (broad SMARTS) is 1. The second kappa shape index (κ2) is 4.50. The van der Waals surface area contributed by atoms with Crippen molar-refractivity contribution in [2.75, 3.05) is 0 Å². The minimum atomic E-state index is -0.845. The fraction of sp³-hybridized carbons (Fsp3) is 0.867. The number of carboxylic acids is 1. The number of aliphatic carboxylic acids is 1. The molecule has 2 fully saturated rings. The standard InChI is InChI=1S/C15H24O4/c1-7-8(2)10-6-9(7)11(13(16)17)12(10)14(18)19-15(3,4)5/h7-12H,6H2,1-5H3,(H,16,17). The summed E-state index contributed by atoms with van der Waals surface area (Å²) in [7, 11) is 0. The van der Waals surface area contributed by atoms with Crippen LogP contribution in [0.3, 0.4) is 0 Å². The molecule has 0 saturated heterocycles. The van der Waals surface area contributed by atoms with Crippen LogP contribution in [0, 0.1) is 35.5 Å². The Morgan fingerprint density at radius 2 is 1.53 bits per heavy atom. The Balaban J connectivity index is 2.23. The van der Waals surface area contributed by atoms with E-state index in [1.807, 2.05) is 20.8 Å². The molecule has 0 amide bonds. The lowest BCUT2D eigenvalue weighted by atomic mass is 9.69. The lowest BCUT2D eigenvalue weighted by Gasteiger charge is -2.36. The molecule has 4 nitrogen and oxygen atoms in total. The molecule has 0 aliphatic heterocycles. The number of fused-ring (bicyclic) bond motifs is 2. The summed E-state index contributed by atoms with van der Waals surface area (Å²) in [5.74, 6) is -1.14. The maximum atomic E-state index is 12.3. The van der Waals surface area contributed by atoms with Crippen molar-refractivity contribution < 1.29 is 19.4 Å². The number of esters is 1. The van der Waals surface area contributed by atoms with Gasteiger partial charge in [0.1, 0.15) is 5.60 Å². The van der Waals surface area contributed by atoms with E-state index in [1.165, 1.54) is 0 Å². The van der Waals surface area contributed by atoms with Gasteiger partial charge in [-0.25, -0.2) is 0 Å². The Bertz CT molecular complexity index is 395. The average Bonchev–Trinajstić information content (AvgIpc) is 2.74. The quantitative estimate of drug-likeness (QED) is 0.782. The summed E-state index contributed by atoms with van der Waals surface area (Å²) in [6.07, 6.45) is 0.850. The predicted octanol–water partition coefficient (Wildman–Crippen LogP) is 2.57. The smallest absolute Gasteiger partial charge is 0.310 e. The van der Waals surface area contributed by atoms with Gasteiger partial charge in [-0.3, -0.25) is 9.59 Å². The number of ether oxygens (including phenoxy) is 1. The zero-order valence-electron chi connectivity index (χ0n) is 12.3. The molecule has 0 aromatic heterocycles. The molecule has 2 aliphatic carbocycles. The van der Waals surface area contributed by atoms with Gasteiger partial charge in [-0.2, -0.15) is 0 Å². The van der Waals surface area contributed by atoms with Crippen molar-refractivity contribution >= 4 is 11.9 Å². The monoisotopic (exact) mass is 268 g/mol. The summed E-state index contributed by atoms with van der Waals surface area (Å²) in [5, 5.41) is 9.45. The Kier molecular flexibility index (Phi) is 3.40. The number of hydrogen-bond donors (Lipinski definition) is 1. The van der Waals surface area contributed by atoms with E-state index in [2.05, 4.69) is 13.8 Å². The van der Waals surface area contributed by atoms with Gasteiger partial charge in [0.05, 0.1) is 11.8 Å². The molecule has 108 valence electrons. The molecule has 0 heterocycles. The molecule has 2 saturated carbocycles. The van der Waals surface area contributed by atoms with E-state index in [4.69, 9.17) is 4.74 Å². The first-order chi connectivity index (χ1) is 8.63. The highest BCUT2D eigenvalue weighted by Gasteiger charge is 2.60.